The molecule has 5 heteroatoms. The summed E-state index contributed by atoms with van der Waals surface area (Å²) in [5.74, 6) is 1.10. The Hall–Kier alpha value is -2.53. The van der Waals surface area contributed by atoms with Crippen LogP contribution in [-0.4, -0.2) is 42.8 Å². The van der Waals surface area contributed by atoms with Crippen LogP contribution in [0.25, 0.3) is 0 Å². The average molecular weight is 398 g/mol. The molecule has 0 bridgehead atoms. The lowest BCUT2D eigenvalue weighted by Crippen LogP contribution is -2.46. The van der Waals surface area contributed by atoms with Gasteiger partial charge in [0.15, 0.2) is 0 Å². The normalized spacial score (nSPS) is 18.4. The summed E-state index contributed by atoms with van der Waals surface area (Å²) in [5, 5.41) is 9.88. The molecule has 1 N–H and O–H groups in total. The molecule has 1 aliphatic rings. The molecule has 2 aromatic carbocycles. The smallest absolute Gasteiger partial charge is 0.320 e. The highest BCUT2D eigenvalue weighted by Crippen LogP contribution is 2.40. The number of methoxy groups -OCH3 is 2. The molecule has 2 unspecified atom stereocenters. The summed E-state index contributed by atoms with van der Waals surface area (Å²) in [6, 6.07) is 13.6. The maximum Gasteiger partial charge on any atom is 0.320 e. The number of carboxylic acid groups (broad SMARTS) is 1. The fourth-order valence-electron chi connectivity index (χ4n) is 4.19. The molecule has 0 aliphatic carbocycles. The quantitative estimate of drug-likeness (QED) is 0.723. The van der Waals surface area contributed by atoms with Gasteiger partial charge in [0, 0.05) is 11.6 Å². The van der Waals surface area contributed by atoms with Crippen LogP contribution in [0.15, 0.2) is 42.5 Å². The highest BCUT2D eigenvalue weighted by atomic mass is 16.5. The van der Waals surface area contributed by atoms with Crippen molar-refractivity contribution in [2.45, 2.75) is 51.1 Å². The number of benzene rings is 2. The zero-order valence-corrected chi connectivity index (χ0v) is 17.7. The first kappa shape index (κ1) is 21.2. The topological polar surface area (TPSA) is 59.0 Å². The van der Waals surface area contributed by atoms with Crippen LogP contribution in [0.1, 0.15) is 61.8 Å². The summed E-state index contributed by atoms with van der Waals surface area (Å²) in [6.07, 6.45) is 2.59. The van der Waals surface area contributed by atoms with Gasteiger partial charge in [-0.2, -0.15) is 0 Å². The van der Waals surface area contributed by atoms with Gasteiger partial charge in [-0.1, -0.05) is 44.5 Å². The molecule has 3 rings (SSSR count). The molecule has 1 saturated heterocycles. The highest BCUT2D eigenvalue weighted by Gasteiger charge is 2.36. The Bertz CT molecular complexity index is 831. The number of ether oxygens (including phenoxy) is 2. The van der Waals surface area contributed by atoms with E-state index in [1.165, 1.54) is 5.56 Å². The lowest BCUT2D eigenvalue weighted by Gasteiger charge is -2.40. The third-order valence-corrected chi connectivity index (χ3v) is 5.82. The van der Waals surface area contributed by atoms with Gasteiger partial charge in [0.25, 0.3) is 0 Å². The molecule has 2 atom stereocenters. The predicted octanol–water partition coefficient (Wildman–Crippen LogP) is 4.86. The number of hydrogen-bond acceptors (Lipinski definition) is 4. The van der Waals surface area contributed by atoms with Gasteiger partial charge in [0.1, 0.15) is 17.5 Å². The minimum Gasteiger partial charge on any atom is -0.497 e. The van der Waals surface area contributed by atoms with Crippen molar-refractivity contribution in [3.63, 3.8) is 0 Å². The maximum atomic E-state index is 12.0. The van der Waals surface area contributed by atoms with Gasteiger partial charge in [-0.3, -0.25) is 9.69 Å². The van der Waals surface area contributed by atoms with Gasteiger partial charge < -0.3 is 14.6 Å². The van der Waals surface area contributed by atoms with Crippen LogP contribution in [0.4, 0.5) is 0 Å². The maximum absolute atomic E-state index is 12.0. The van der Waals surface area contributed by atoms with E-state index >= 15 is 0 Å². The van der Waals surface area contributed by atoms with Crippen LogP contribution in [0.5, 0.6) is 11.5 Å². The van der Waals surface area contributed by atoms with Crippen LogP contribution in [0, 0.1) is 0 Å². The minimum absolute atomic E-state index is 0.196. The summed E-state index contributed by atoms with van der Waals surface area (Å²) < 4.78 is 11.0. The minimum atomic E-state index is -0.763. The number of carboxylic acids is 1. The van der Waals surface area contributed by atoms with E-state index in [4.69, 9.17) is 9.47 Å². The Morgan fingerprint density at radius 3 is 2.31 bits per heavy atom. The van der Waals surface area contributed by atoms with E-state index in [2.05, 4.69) is 43.0 Å². The van der Waals surface area contributed by atoms with Gasteiger partial charge in [0.05, 0.1) is 20.3 Å². The van der Waals surface area contributed by atoms with Crippen molar-refractivity contribution in [3.05, 3.63) is 59.2 Å². The fraction of sp³-hybridized carbons (Fsp3) is 0.458. The Balaban J connectivity index is 2.12. The second-order valence-electron chi connectivity index (χ2n) is 7.92. The SMILES string of the molecule is COc1ccc(C(c2ccc(C(C)C)cc2)N2CCCCC2C(=O)O)c(OC)c1. The Morgan fingerprint density at radius 2 is 1.72 bits per heavy atom. The van der Waals surface area contributed by atoms with Crippen molar-refractivity contribution >= 4 is 5.97 Å². The number of rotatable bonds is 7. The number of nitrogens with zero attached hydrogens (tertiary/aromatic N) is 1. The highest BCUT2D eigenvalue weighted by molar-refractivity contribution is 5.74. The monoisotopic (exact) mass is 397 g/mol. The summed E-state index contributed by atoms with van der Waals surface area (Å²) >= 11 is 0. The Kier molecular flexibility index (Phi) is 6.80. The Labute approximate surface area is 173 Å². The molecule has 5 nitrogen and oxygen atoms in total. The second kappa shape index (κ2) is 9.31. The summed E-state index contributed by atoms with van der Waals surface area (Å²) in [7, 11) is 3.27. The van der Waals surface area contributed by atoms with Gasteiger partial charge in [-0.25, -0.2) is 0 Å². The molecule has 0 amide bonds. The molecule has 0 aromatic heterocycles. The van der Waals surface area contributed by atoms with Crippen molar-refractivity contribution in [2.24, 2.45) is 0 Å². The first-order valence-corrected chi connectivity index (χ1v) is 10.3. The van der Waals surface area contributed by atoms with E-state index in [1.54, 1.807) is 14.2 Å². The molecule has 0 radical (unpaired) electrons. The number of hydrogen-bond donors (Lipinski definition) is 1. The van der Waals surface area contributed by atoms with E-state index in [9.17, 15) is 9.90 Å². The first-order chi connectivity index (χ1) is 14.0. The zero-order valence-electron chi connectivity index (χ0n) is 17.7. The number of carbonyl (C=O) groups is 1. The van der Waals surface area contributed by atoms with Crippen LogP contribution in [0.3, 0.4) is 0 Å². The van der Waals surface area contributed by atoms with Gasteiger partial charge in [-0.05, 0) is 48.6 Å². The largest absolute Gasteiger partial charge is 0.497 e. The van der Waals surface area contributed by atoms with Crippen molar-refractivity contribution in [2.75, 3.05) is 20.8 Å². The molecule has 1 heterocycles. The molecule has 0 spiro atoms. The molecule has 1 fully saturated rings. The van der Waals surface area contributed by atoms with Crippen LogP contribution in [0.2, 0.25) is 0 Å². The van der Waals surface area contributed by atoms with Crippen LogP contribution >= 0.6 is 0 Å². The van der Waals surface area contributed by atoms with Crippen molar-refractivity contribution in [1.29, 1.82) is 0 Å². The van der Waals surface area contributed by atoms with E-state index in [1.807, 2.05) is 18.2 Å². The third-order valence-electron chi connectivity index (χ3n) is 5.82. The van der Waals surface area contributed by atoms with E-state index in [-0.39, 0.29) is 6.04 Å². The number of piperidine rings is 1. The van der Waals surface area contributed by atoms with Crippen LogP contribution in [-0.2, 0) is 4.79 Å². The van der Waals surface area contributed by atoms with Crippen molar-refractivity contribution < 1.29 is 19.4 Å². The lowest BCUT2D eigenvalue weighted by atomic mass is 9.90. The summed E-state index contributed by atoms with van der Waals surface area (Å²) in [6.45, 7) is 5.08. The molecule has 0 saturated carbocycles. The van der Waals surface area contributed by atoms with Crippen molar-refractivity contribution in [1.82, 2.24) is 4.90 Å². The average Bonchev–Trinajstić information content (AvgIpc) is 2.74. The standard InChI is InChI=1S/C24H31NO4/c1-16(2)17-8-10-18(11-9-17)23(25-14-6-5-7-21(25)24(26)27)20-13-12-19(28-3)15-22(20)29-4/h8-13,15-16,21,23H,5-7,14H2,1-4H3,(H,26,27). The van der Waals surface area contributed by atoms with E-state index < -0.39 is 12.0 Å². The molecule has 1 aliphatic heterocycles. The van der Waals surface area contributed by atoms with Crippen molar-refractivity contribution in [3.8, 4) is 11.5 Å². The third kappa shape index (κ3) is 4.56. The Morgan fingerprint density at radius 1 is 1.03 bits per heavy atom. The number of likely N-dealkylation sites (tertiary alicyclic amines) is 1. The van der Waals surface area contributed by atoms with Gasteiger partial charge in [-0.15, -0.1) is 0 Å². The number of aliphatic carboxylic acids is 1. The zero-order chi connectivity index (χ0) is 21.0. The van der Waals surface area contributed by atoms with Gasteiger partial charge in [0.2, 0.25) is 0 Å². The van der Waals surface area contributed by atoms with E-state index in [0.29, 0.717) is 23.8 Å². The molecular weight excluding hydrogens is 366 g/mol. The summed E-state index contributed by atoms with van der Waals surface area (Å²) in [5.41, 5.74) is 3.30. The second-order valence-corrected chi connectivity index (χ2v) is 7.92. The summed E-state index contributed by atoms with van der Waals surface area (Å²) in [4.78, 5) is 14.1. The molecular formula is C24H31NO4. The first-order valence-electron chi connectivity index (χ1n) is 10.3. The lowest BCUT2D eigenvalue weighted by molar-refractivity contribution is -0.145. The fourth-order valence-corrected chi connectivity index (χ4v) is 4.19. The molecule has 29 heavy (non-hydrogen) atoms. The molecule has 156 valence electrons. The van der Waals surface area contributed by atoms with Gasteiger partial charge >= 0.3 is 5.97 Å². The van der Waals surface area contributed by atoms with Crippen LogP contribution < -0.4 is 9.47 Å². The van der Waals surface area contributed by atoms with E-state index in [0.717, 1.165) is 30.5 Å². The predicted molar refractivity (Wildman–Crippen MR) is 114 cm³/mol. The molecule has 2 aromatic rings.